The van der Waals surface area contributed by atoms with Crippen LogP contribution in [0.25, 0.3) is 0 Å². The summed E-state index contributed by atoms with van der Waals surface area (Å²) in [7, 11) is 3.81. The Hall–Kier alpha value is -2.91. The number of nitriles is 2. The maximum Gasteiger partial charge on any atom is 0.162 e. The van der Waals surface area contributed by atoms with Crippen LogP contribution in [0, 0.1) is 28.6 Å². The molecule has 0 aromatic carbocycles. The number of allylic oxidation sites excluding steroid dienone is 2. The fraction of sp³-hybridized carbons (Fsp3) is 0.588. The highest BCUT2D eigenvalue weighted by molar-refractivity contribution is 5.44. The minimum atomic E-state index is 0.141. The third-order valence-corrected chi connectivity index (χ3v) is 4.05. The summed E-state index contributed by atoms with van der Waals surface area (Å²) in [5.41, 5.74) is 0.821. The van der Waals surface area contributed by atoms with Gasteiger partial charge < -0.3 is 14.5 Å². The van der Waals surface area contributed by atoms with E-state index in [0.29, 0.717) is 31.4 Å². The van der Waals surface area contributed by atoms with E-state index in [1.165, 1.54) is 11.1 Å². The molecule has 0 radical (unpaired) electrons. The van der Waals surface area contributed by atoms with Crippen LogP contribution in [-0.4, -0.2) is 70.4 Å². The highest BCUT2D eigenvalue weighted by atomic mass is 16.5. The largest absolute Gasteiger partial charge is 0.383 e. The number of tetrazole rings is 1. The predicted octanol–water partition coefficient (Wildman–Crippen LogP) is 0.778. The van der Waals surface area contributed by atoms with Gasteiger partial charge in [-0.05, 0) is 30.0 Å². The molecule has 138 valence electrons. The van der Waals surface area contributed by atoms with Crippen LogP contribution in [0.3, 0.4) is 0 Å². The van der Waals surface area contributed by atoms with Gasteiger partial charge in [0.05, 0.1) is 25.5 Å². The minimum Gasteiger partial charge on any atom is -0.383 e. The smallest absolute Gasteiger partial charge is 0.162 e. The monoisotopic (exact) mass is 356 g/mol. The normalized spacial score (nSPS) is 16.9. The Balaban J connectivity index is 1.93. The van der Waals surface area contributed by atoms with Crippen molar-refractivity contribution in [3.8, 4) is 12.1 Å². The molecular formula is C17H24N8O. The molecule has 0 saturated carbocycles. The van der Waals surface area contributed by atoms with E-state index in [-0.39, 0.29) is 5.57 Å². The number of ether oxygens (including phenoxy) is 1. The Morgan fingerprint density at radius 3 is 2.85 bits per heavy atom. The Morgan fingerprint density at radius 2 is 2.19 bits per heavy atom. The van der Waals surface area contributed by atoms with Gasteiger partial charge in [-0.1, -0.05) is 0 Å². The van der Waals surface area contributed by atoms with E-state index in [0.717, 1.165) is 25.9 Å². The van der Waals surface area contributed by atoms with E-state index < -0.39 is 0 Å². The minimum absolute atomic E-state index is 0.141. The zero-order chi connectivity index (χ0) is 18.8. The van der Waals surface area contributed by atoms with Crippen molar-refractivity contribution >= 4 is 0 Å². The van der Waals surface area contributed by atoms with Crippen LogP contribution in [0.5, 0.6) is 0 Å². The summed E-state index contributed by atoms with van der Waals surface area (Å²) < 4.78 is 5.76. The summed E-state index contributed by atoms with van der Waals surface area (Å²) in [6.45, 7) is 3.32. The average molecular weight is 356 g/mol. The summed E-state index contributed by atoms with van der Waals surface area (Å²) in [4.78, 5) is 5.49. The summed E-state index contributed by atoms with van der Waals surface area (Å²) in [5.74, 6) is 0.355. The summed E-state index contributed by atoms with van der Waals surface area (Å²) >= 11 is 0. The van der Waals surface area contributed by atoms with Gasteiger partial charge in [0.25, 0.3) is 0 Å². The Bertz CT molecular complexity index is 679. The molecule has 26 heavy (non-hydrogen) atoms. The van der Waals surface area contributed by atoms with Crippen LogP contribution in [-0.2, 0) is 11.3 Å². The number of nitrogens with zero attached hydrogens (tertiary/aromatic N) is 8. The highest BCUT2D eigenvalue weighted by Gasteiger charge is 2.23. The Kier molecular flexibility index (Phi) is 7.59. The molecule has 1 aromatic heterocycles. The molecule has 0 amide bonds. The lowest BCUT2D eigenvalue weighted by molar-refractivity contribution is 0.0624. The number of hydrogen-bond acceptors (Lipinski definition) is 8. The second-order valence-electron chi connectivity index (χ2n) is 6.32. The van der Waals surface area contributed by atoms with Crippen molar-refractivity contribution in [2.24, 2.45) is 5.92 Å². The van der Waals surface area contributed by atoms with Crippen molar-refractivity contribution in [2.45, 2.75) is 19.4 Å². The van der Waals surface area contributed by atoms with Crippen LogP contribution < -0.4 is 0 Å². The number of aromatic nitrogens is 4. The SMILES string of the molecule is CN(C)/C=C/C(=C(C#N)C#N)N1CCC[C@H](COCCn2ncnn2)C1. The second kappa shape index (κ2) is 10.2. The molecule has 9 heteroatoms. The lowest BCUT2D eigenvalue weighted by Crippen LogP contribution is -2.37. The highest BCUT2D eigenvalue weighted by Crippen LogP contribution is 2.23. The molecule has 1 atom stereocenters. The molecule has 1 aliphatic heterocycles. The van der Waals surface area contributed by atoms with Gasteiger partial charge in [-0.25, -0.2) is 0 Å². The molecule has 0 aliphatic carbocycles. The lowest BCUT2D eigenvalue weighted by atomic mass is 9.97. The van der Waals surface area contributed by atoms with Crippen LogP contribution in [0.1, 0.15) is 12.8 Å². The molecule has 0 bridgehead atoms. The molecule has 0 N–H and O–H groups in total. The van der Waals surface area contributed by atoms with Crippen molar-refractivity contribution in [2.75, 3.05) is 40.4 Å². The first kappa shape index (κ1) is 19.4. The maximum atomic E-state index is 9.27. The molecule has 1 aromatic rings. The molecular weight excluding hydrogens is 332 g/mol. The molecule has 1 fully saturated rings. The van der Waals surface area contributed by atoms with Crippen LogP contribution in [0.4, 0.5) is 0 Å². The average Bonchev–Trinajstić information content (AvgIpc) is 3.16. The van der Waals surface area contributed by atoms with E-state index in [2.05, 4.69) is 20.3 Å². The third kappa shape index (κ3) is 5.87. The number of rotatable bonds is 8. The zero-order valence-corrected chi connectivity index (χ0v) is 15.2. The van der Waals surface area contributed by atoms with E-state index >= 15 is 0 Å². The standard InChI is InChI=1S/C17H24N8O/c1-23(2)7-5-17(16(10-18)11-19)24-6-3-4-15(12-24)13-26-9-8-25-21-14-20-22-25/h5,7,14-15H,3-4,6,8-9,12-13H2,1-2H3/b7-5+/t15-/m0/s1. The molecule has 1 saturated heterocycles. The first-order valence-corrected chi connectivity index (χ1v) is 8.56. The van der Waals surface area contributed by atoms with Gasteiger partial charge in [-0.3, -0.25) is 0 Å². The summed E-state index contributed by atoms with van der Waals surface area (Å²) in [6.07, 6.45) is 7.16. The van der Waals surface area contributed by atoms with Crippen molar-refractivity contribution < 1.29 is 4.74 Å². The van der Waals surface area contributed by atoms with Gasteiger partial charge in [0.15, 0.2) is 11.9 Å². The lowest BCUT2D eigenvalue weighted by Gasteiger charge is -2.35. The predicted molar refractivity (Wildman–Crippen MR) is 94.0 cm³/mol. The van der Waals surface area contributed by atoms with E-state index in [1.54, 1.807) is 0 Å². The van der Waals surface area contributed by atoms with Crippen LogP contribution in [0.15, 0.2) is 29.9 Å². The molecule has 2 rings (SSSR count). The van der Waals surface area contributed by atoms with Crippen molar-refractivity contribution in [1.82, 2.24) is 30.0 Å². The van der Waals surface area contributed by atoms with Crippen molar-refractivity contribution in [3.63, 3.8) is 0 Å². The van der Waals surface area contributed by atoms with Gasteiger partial charge in [-0.2, -0.15) is 15.3 Å². The third-order valence-electron chi connectivity index (χ3n) is 4.05. The first-order valence-electron chi connectivity index (χ1n) is 8.56. The van der Waals surface area contributed by atoms with Gasteiger partial charge in [0.2, 0.25) is 0 Å². The molecule has 1 aliphatic rings. The van der Waals surface area contributed by atoms with Crippen LogP contribution >= 0.6 is 0 Å². The van der Waals surface area contributed by atoms with Crippen LogP contribution in [0.2, 0.25) is 0 Å². The first-order chi connectivity index (χ1) is 12.6. The fourth-order valence-electron chi connectivity index (χ4n) is 2.81. The topological polar surface area (TPSA) is 107 Å². The Morgan fingerprint density at radius 1 is 1.38 bits per heavy atom. The maximum absolute atomic E-state index is 9.27. The number of piperidine rings is 1. The van der Waals surface area contributed by atoms with Gasteiger partial charge in [-0.15, -0.1) is 10.2 Å². The zero-order valence-electron chi connectivity index (χ0n) is 15.2. The Labute approximate surface area is 153 Å². The fourth-order valence-corrected chi connectivity index (χ4v) is 2.81. The molecule has 2 heterocycles. The summed E-state index contributed by atoms with van der Waals surface area (Å²) in [5, 5.41) is 29.9. The number of hydrogen-bond donors (Lipinski definition) is 0. The van der Waals surface area contributed by atoms with Gasteiger partial charge in [0.1, 0.15) is 12.1 Å². The number of likely N-dealkylation sites (tertiary alicyclic amines) is 1. The van der Waals surface area contributed by atoms with E-state index in [9.17, 15) is 10.5 Å². The van der Waals surface area contributed by atoms with Gasteiger partial charge in [0, 0.05) is 33.4 Å². The van der Waals surface area contributed by atoms with Crippen molar-refractivity contribution in [1.29, 1.82) is 10.5 Å². The van der Waals surface area contributed by atoms with Crippen molar-refractivity contribution in [3.05, 3.63) is 29.9 Å². The molecule has 0 unspecified atom stereocenters. The van der Waals surface area contributed by atoms with E-state index in [4.69, 9.17) is 4.74 Å². The summed E-state index contributed by atoms with van der Waals surface area (Å²) in [6, 6.07) is 4.02. The molecule has 9 nitrogen and oxygen atoms in total. The van der Waals surface area contributed by atoms with Gasteiger partial charge >= 0.3 is 0 Å². The quantitative estimate of drug-likeness (QED) is 0.382. The van der Waals surface area contributed by atoms with E-state index in [1.807, 2.05) is 43.4 Å². The molecule has 0 spiro atoms. The second-order valence-corrected chi connectivity index (χ2v) is 6.32.